The summed E-state index contributed by atoms with van der Waals surface area (Å²) in [7, 11) is 0. The quantitative estimate of drug-likeness (QED) is 0.677. The molecular weight excluding hydrogens is 385 g/mol. The first-order valence-electron chi connectivity index (χ1n) is 10.1. The third-order valence-electron chi connectivity index (χ3n) is 5.33. The number of carbonyl (C=O) groups excluding carboxylic acids is 2. The zero-order valence-corrected chi connectivity index (χ0v) is 16.8. The Morgan fingerprint density at radius 3 is 2.70 bits per heavy atom. The zero-order valence-electron chi connectivity index (χ0n) is 16.8. The van der Waals surface area contributed by atoms with Gasteiger partial charge >= 0.3 is 6.03 Å². The Bertz CT molecular complexity index is 1090. The lowest BCUT2D eigenvalue weighted by molar-refractivity contribution is 0.0793. The fourth-order valence-electron chi connectivity index (χ4n) is 3.61. The Morgan fingerprint density at radius 2 is 1.93 bits per heavy atom. The van der Waals surface area contributed by atoms with Crippen LogP contribution in [0.15, 0.2) is 42.7 Å². The summed E-state index contributed by atoms with van der Waals surface area (Å²) in [6.45, 7) is 4.19. The van der Waals surface area contributed by atoms with E-state index in [9.17, 15) is 14.0 Å². The summed E-state index contributed by atoms with van der Waals surface area (Å²) < 4.78 is 15.5. The van der Waals surface area contributed by atoms with E-state index in [1.165, 1.54) is 6.07 Å². The van der Waals surface area contributed by atoms with Crippen LogP contribution in [-0.4, -0.2) is 46.0 Å². The predicted octanol–water partition coefficient (Wildman–Crippen LogP) is 3.54. The molecule has 0 bridgehead atoms. The number of hydrogen-bond acceptors (Lipinski definition) is 3. The van der Waals surface area contributed by atoms with E-state index < -0.39 is 6.03 Å². The van der Waals surface area contributed by atoms with E-state index in [2.05, 4.69) is 15.6 Å². The molecule has 1 aliphatic heterocycles. The van der Waals surface area contributed by atoms with Gasteiger partial charge in [0.05, 0.1) is 17.4 Å². The van der Waals surface area contributed by atoms with Crippen molar-refractivity contribution in [3.05, 3.63) is 59.7 Å². The fraction of sp³-hybridized carbons (Fsp3) is 0.318. The van der Waals surface area contributed by atoms with Gasteiger partial charge in [-0.25, -0.2) is 14.2 Å². The lowest BCUT2D eigenvalue weighted by Gasteiger charge is -2.15. The number of halogens is 1. The van der Waals surface area contributed by atoms with Crippen molar-refractivity contribution < 1.29 is 14.0 Å². The number of nitrogens with one attached hydrogen (secondary N) is 2. The monoisotopic (exact) mass is 409 g/mol. The number of amides is 3. The summed E-state index contributed by atoms with van der Waals surface area (Å²) in [6.07, 6.45) is 3.81. The van der Waals surface area contributed by atoms with Crippen LogP contribution in [0.1, 0.15) is 28.8 Å². The molecule has 4 rings (SSSR count). The second kappa shape index (κ2) is 8.52. The van der Waals surface area contributed by atoms with Gasteiger partial charge in [-0.3, -0.25) is 4.79 Å². The minimum Gasteiger partial charge on any atom is -0.339 e. The van der Waals surface area contributed by atoms with Crippen molar-refractivity contribution in [1.82, 2.24) is 19.8 Å². The summed E-state index contributed by atoms with van der Waals surface area (Å²) >= 11 is 0. The predicted molar refractivity (Wildman–Crippen MR) is 113 cm³/mol. The molecule has 0 atom stereocenters. The number of nitrogens with zero attached hydrogens (tertiary/aromatic N) is 3. The molecule has 2 heterocycles. The maximum atomic E-state index is 13.6. The van der Waals surface area contributed by atoms with Crippen molar-refractivity contribution in [3.63, 3.8) is 0 Å². The van der Waals surface area contributed by atoms with Crippen LogP contribution >= 0.6 is 0 Å². The van der Waals surface area contributed by atoms with Crippen molar-refractivity contribution in [3.8, 4) is 0 Å². The second-order valence-corrected chi connectivity index (χ2v) is 7.49. The Kier molecular flexibility index (Phi) is 5.65. The van der Waals surface area contributed by atoms with Crippen LogP contribution in [0.25, 0.3) is 11.0 Å². The van der Waals surface area contributed by atoms with E-state index in [4.69, 9.17) is 0 Å². The van der Waals surface area contributed by atoms with Crippen LogP contribution in [0.4, 0.5) is 14.9 Å². The normalized spacial score (nSPS) is 13.6. The van der Waals surface area contributed by atoms with Crippen LogP contribution in [0.5, 0.6) is 0 Å². The number of urea groups is 1. The number of benzene rings is 2. The lowest BCUT2D eigenvalue weighted by Crippen LogP contribution is -2.31. The van der Waals surface area contributed by atoms with Gasteiger partial charge in [-0.15, -0.1) is 0 Å². The van der Waals surface area contributed by atoms with Crippen molar-refractivity contribution in [2.24, 2.45) is 0 Å². The van der Waals surface area contributed by atoms with E-state index in [1.54, 1.807) is 25.4 Å². The lowest BCUT2D eigenvalue weighted by atomic mass is 10.1. The molecule has 1 aliphatic rings. The Morgan fingerprint density at radius 1 is 1.13 bits per heavy atom. The van der Waals surface area contributed by atoms with Crippen molar-refractivity contribution in [1.29, 1.82) is 0 Å². The molecule has 3 aromatic rings. The number of anilines is 1. The van der Waals surface area contributed by atoms with Gasteiger partial charge in [-0.05, 0) is 55.7 Å². The summed E-state index contributed by atoms with van der Waals surface area (Å²) in [5.74, 6) is -0.310. The van der Waals surface area contributed by atoms with Crippen LogP contribution in [0.3, 0.4) is 0 Å². The smallest absolute Gasteiger partial charge is 0.319 e. The van der Waals surface area contributed by atoms with Crippen LogP contribution in [0.2, 0.25) is 0 Å². The number of hydrogen-bond donors (Lipinski definition) is 2. The average molecular weight is 409 g/mol. The molecule has 8 heteroatoms. The van der Waals surface area contributed by atoms with Gasteiger partial charge in [-0.2, -0.15) is 0 Å². The van der Waals surface area contributed by atoms with Crippen molar-refractivity contribution in [2.75, 3.05) is 25.0 Å². The highest BCUT2D eigenvalue weighted by atomic mass is 19.1. The first-order chi connectivity index (χ1) is 14.5. The number of imidazole rings is 1. The molecule has 0 spiro atoms. The highest BCUT2D eigenvalue weighted by Gasteiger charge is 2.20. The molecule has 0 unspecified atom stereocenters. The highest BCUT2D eigenvalue weighted by molar-refractivity contribution is 5.97. The van der Waals surface area contributed by atoms with E-state index in [0.29, 0.717) is 29.9 Å². The molecule has 2 N–H and O–H groups in total. The molecule has 1 saturated heterocycles. The van der Waals surface area contributed by atoms with Crippen LogP contribution < -0.4 is 10.6 Å². The van der Waals surface area contributed by atoms with Gasteiger partial charge in [0, 0.05) is 37.4 Å². The number of rotatable bonds is 5. The molecule has 0 saturated carbocycles. The standard InChI is InChI=1S/C22H24FN5O2/c1-15-4-6-17(13-18(15)23)26-22(30)24-8-11-28-14-25-19-12-16(5-7-20(19)28)21(29)27-9-2-3-10-27/h4-7,12-14H,2-3,8-11H2,1H3,(H2,24,26,30). The number of fused-ring (bicyclic) bond motifs is 1. The minimum atomic E-state index is -0.402. The fourth-order valence-corrected chi connectivity index (χ4v) is 3.61. The number of likely N-dealkylation sites (tertiary alicyclic amines) is 1. The van der Waals surface area contributed by atoms with E-state index >= 15 is 0 Å². The summed E-state index contributed by atoms with van der Waals surface area (Å²) in [6, 6.07) is 9.70. The van der Waals surface area contributed by atoms with Crippen molar-refractivity contribution >= 4 is 28.7 Å². The molecule has 0 aliphatic carbocycles. The average Bonchev–Trinajstić information content (AvgIpc) is 3.40. The van der Waals surface area contributed by atoms with Gasteiger partial charge in [0.25, 0.3) is 5.91 Å². The maximum Gasteiger partial charge on any atom is 0.319 e. The highest BCUT2D eigenvalue weighted by Crippen LogP contribution is 2.18. The van der Waals surface area contributed by atoms with E-state index in [1.807, 2.05) is 27.7 Å². The summed E-state index contributed by atoms with van der Waals surface area (Å²) in [5.41, 5.74) is 3.23. The molecule has 156 valence electrons. The molecule has 2 aromatic carbocycles. The molecule has 3 amide bonds. The zero-order chi connectivity index (χ0) is 21.1. The molecule has 30 heavy (non-hydrogen) atoms. The van der Waals surface area contributed by atoms with Gasteiger partial charge < -0.3 is 20.1 Å². The van der Waals surface area contributed by atoms with Gasteiger partial charge in [0.2, 0.25) is 0 Å². The van der Waals surface area contributed by atoms with E-state index in [0.717, 1.165) is 37.0 Å². The maximum absolute atomic E-state index is 13.6. The number of aryl methyl sites for hydroxylation is 1. The molecule has 1 aromatic heterocycles. The van der Waals surface area contributed by atoms with Gasteiger partial charge in [0.15, 0.2) is 0 Å². The topological polar surface area (TPSA) is 79.3 Å². The minimum absolute atomic E-state index is 0.0508. The third-order valence-corrected chi connectivity index (χ3v) is 5.33. The Balaban J connectivity index is 1.34. The summed E-state index contributed by atoms with van der Waals surface area (Å²) in [5, 5.41) is 5.37. The number of carbonyl (C=O) groups is 2. The Hall–Kier alpha value is -3.42. The third kappa shape index (κ3) is 4.27. The van der Waals surface area contributed by atoms with Crippen LogP contribution in [0, 0.1) is 12.7 Å². The summed E-state index contributed by atoms with van der Waals surface area (Å²) in [4.78, 5) is 30.9. The van der Waals surface area contributed by atoms with Gasteiger partial charge in [0.1, 0.15) is 5.82 Å². The molecule has 7 nitrogen and oxygen atoms in total. The first kappa shape index (κ1) is 19.9. The molecule has 0 radical (unpaired) electrons. The SMILES string of the molecule is Cc1ccc(NC(=O)NCCn2cnc3cc(C(=O)N4CCCC4)ccc32)cc1F. The van der Waals surface area contributed by atoms with Crippen molar-refractivity contribution in [2.45, 2.75) is 26.3 Å². The Labute approximate surface area is 173 Å². The van der Waals surface area contributed by atoms with E-state index in [-0.39, 0.29) is 11.7 Å². The molecule has 1 fully saturated rings. The number of aromatic nitrogens is 2. The van der Waals surface area contributed by atoms with Crippen LogP contribution in [-0.2, 0) is 6.54 Å². The second-order valence-electron chi connectivity index (χ2n) is 7.49. The molecular formula is C22H24FN5O2. The van der Waals surface area contributed by atoms with Gasteiger partial charge in [-0.1, -0.05) is 6.07 Å². The largest absolute Gasteiger partial charge is 0.339 e. The first-order valence-corrected chi connectivity index (χ1v) is 10.1.